The van der Waals surface area contributed by atoms with Crippen molar-refractivity contribution < 1.29 is 14.5 Å². The Bertz CT molecular complexity index is 1030. The van der Waals surface area contributed by atoms with Gasteiger partial charge in [-0.25, -0.2) is 0 Å². The van der Waals surface area contributed by atoms with Gasteiger partial charge in [0.05, 0.1) is 10.6 Å². The minimum atomic E-state index is -0.515. The number of nitro groups is 1. The van der Waals surface area contributed by atoms with Crippen LogP contribution in [0.4, 0.5) is 17.1 Å². The minimum Gasteiger partial charge on any atom is -0.322 e. The number of anilines is 2. The number of nitrogens with zero attached hydrogens (tertiary/aromatic N) is 1. The van der Waals surface area contributed by atoms with Gasteiger partial charge in [0, 0.05) is 28.9 Å². The van der Waals surface area contributed by atoms with Crippen LogP contribution in [-0.4, -0.2) is 16.7 Å². The van der Waals surface area contributed by atoms with E-state index in [1.165, 1.54) is 12.1 Å². The molecule has 0 heterocycles. The Balaban J connectivity index is 1.70. The first kappa shape index (κ1) is 18.8. The van der Waals surface area contributed by atoms with Crippen LogP contribution in [0.5, 0.6) is 0 Å². The van der Waals surface area contributed by atoms with Crippen LogP contribution < -0.4 is 10.6 Å². The van der Waals surface area contributed by atoms with Crippen molar-refractivity contribution in [2.45, 2.75) is 6.92 Å². The number of nitrogens with one attached hydrogen (secondary N) is 2. The molecule has 140 valence electrons. The lowest BCUT2D eigenvalue weighted by Gasteiger charge is -2.09. The highest BCUT2D eigenvalue weighted by atomic mass is 16.6. The van der Waals surface area contributed by atoms with E-state index in [-0.39, 0.29) is 11.6 Å². The van der Waals surface area contributed by atoms with Crippen LogP contribution in [0.15, 0.2) is 72.8 Å². The maximum atomic E-state index is 12.4. The molecule has 2 N–H and O–H groups in total. The molecule has 0 bridgehead atoms. The molecule has 0 aliphatic heterocycles. The highest BCUT2D eigenvalue weighted by molar-refractivity contribution is 6.06. The fourth-order valence-electron chi connectivity index (χ4n) is 2.55. The zero-order valence-electron chi connectivity index (χ0n) is 15.0. The Labute approximate surface area is 161 Å². The first-order valence-corrected chi connectivity index (χ1v) is 8.47. The van der Waals surface area contributed by atoms with Crippen LogP contribution in [0.3, 0.4) is 0 Å². The third-order valence-corrected chi connectivity index (χ3v) is 4.12. The third kappa shape index (κ3) is 4.39. The lowest BCUT2D eigenvalue weighted by Crippen LogP contribution is -2.14. The summed E-state index contributed by atoms with van der Waals surface area (Å²) < 4.78 is 0. The van der Waals surface area contributed by atoms with Gasteiger partial charge in [-0.3, -0.25) is 19.7 Å². The quantitative estimate of drug-likeness (QED) is 0.509. The van der Waals surface area contributed by atoms with Gasteiger partial charge in [0.25, 0.3) is 17.5 Å². The van der Waals surface area contributed by atoms with Gasteiger partial charge in [0.2, 0.25) is 0 Å². The van der Waals surface area contributed by atoms with Gasteiger partial charge in [-0.15, -0.1) is 0 Å². The van der Waals surface area contributed by atoms with Crippen LogP contribution in [0.1, 0.15) is 26.3 Å². The second kappa shape index (κ2) is 8.13. The van der Waals surface area contributed by atoms with Crippen LogP contribution in [0.2, 0.25) is 0 Å². The van der Waals surface area contributed by atoms with Crippen LogP contribution in [0, 0.1) is 17.0 Å². The Kier molecular flexibility index (Phi) is 5.45. The average molecular weight is 375 g/mol. The lowest BCUT2D eigenvalue weighted by atomic mass is 10.1. The Morgan fingerprint density at radius 1 is 0.821 bits per heavy atom. The number of carbonyl (C=O) groups is 2. The fraction of sp³-hybridized carbons (Fsp3) is 0.0476. The van der Waals surface area contributed by atoms with Crippen molar-refractivity contribution in [2.75, 3.05) is 10.6 Å². The summed E-state index contributed by atoms with van der Waals surface area (Å²) >= 11 is 0. The van der Waals surface area contributed by atoms with Crippen LogP contribution >= 0.6 is 0 Å². The smallest absolute Gasteiger partial charge is 0.271 e. The van der Waals surface area contributed by atoms with Gasteiger partial charge in [0.1, 0.15) is 0 Å². The summed E-state index contributed by atoms with van der Waals surface area (Å²) in [5.74, 6) is -0.644. The Morgan fingerprint density at radius 3 is 2.07 bits per heavy atom. The van der Waals surface area contributed by atoms with Crippen LogP contribution in [0.25, 0.3) is 0 Å². The van der Waals surface area contributed by atoms with Gasteiger partial charge in [0.15, 0.2) is 0 Å². The summed E-state index contributed by atoms with van der Waals surface area (Å²) in [6.07, 6.45) is 0. The van der Waals surface area contributed by atoms with Gasteiger partial charge >= 0.3 is 0 Å². The van der Waals surface area contributed by atoms with Crippen molar-refractivity contribution >= 4 is 28.9 Å². The zero-order chi connectivity index (χ0) is 20.1. The van der Waals surface area contributed by atoms with Gasteiger partial charge in [-0.1, -0.05) is 24.3 Å². The summed E-state index contributed by atoms with van der Waals surface area (Å²) in [5.41, 5.74) is 2.44. The molecule has 0 aliphatic rings. The number of carbonyl (C=O) groups excluding carboxylic acids is 2. The zero-order valence-corrected chi connectivity index (χ0v) is 15.0. The molecule has 0 saturated carbocycles. The molecule has 0 aliphatic carbocycles. The molecular weight excluding hydrogens is 358 g/mol. The molecule has 0 radical (unpaired) electrons. The monoisotopic (exact) mass is 375 g/mol. The number of hydrogen-bond acceptors (Lipinski definition) is 4. The van der Waals surface area contributed by atoms with Crippen molar-refractivity contribution in [3.05, 3.63) is 99.6 Å². The molecule has 0 atom stereocenters. The highest BCUT2D eigenvalue weighted by Gasteiger charge is 2.13. The summed E-state index contributed by atoms with van der Waals surface area (Å²) in [4.78, 5) is 35.0. The molecule has 2 amide bonds. The van der Waals surface area contributed by atoms with E-state index in [1.807, 2.05) is 6.07 Å². The number of hydrogen-bond donors (Lipinski definition) is 2. The normalized spacial score (nSPS) is 10.2. The van der Waals surface area contributed by atoms with E-state index in [9.17, 15) is 19.7 Å². The fourth-order valence-corrected chi connectivity index (χ4v) is 2.55. The predicted octanol–water partition coefficient (Wildman–Crippen LogP) is 4.41. The lowest BCUT2D eigenvalue weighted by molar-refractivity contribution is -0.384. The van der Waals surface area contributed by atoms with E-state index in [0.29, 0.717) is 28.1 Å². The molecule has 7 heteroatoms. The summed E-state index contributed by atoms with van der Waals surface area (Å²) in [6.45, 7) is 1.75. The maximum absolute atomic E-state index is 12.4. The molecule has 3 aromatic rings. The minimum absolute atomic E-state index is 0.0973. The molecule has 0 saturated heterocycles. The predicted molar refractivity (Wildman–Crippen MR) is 107 cm³/mol. The van der Waals surface area contributed by atoms with Crippen molar-refractivity contribution in [1.29, 1.82) is 0 Å². The molecule has 0 fully saturated rings. The van der Waals surface area contributed by atoms with E-state index in [1.54, 1.807) is 61.5 Å². The topological polar surface area (TPSA) is 101 Å². The SMILES string of the molecule is Cc1ccc([N+](=O)[O-])cc1NC(=O)c1ccc(NC(=O)c2ccccc2)cc1. The standard InChI is InChI=1S/C21H17N3O4/c1-14-7-12-18(24(27)28)13-19(14)23-21(26)16-8-10-17(11-9-16)22-20(25)15-5-3-2-4-6-15/h2-13H,1H3,(H,22,25)(H,23,26). The van der Waals surface area contributed by atoms with Crippen LogP contribution in [-0.2, 0) is 0 Å². The van der Waals surface area contributed by atoms with Gasteiger partial charge < -0.3 is 10.6 Å². The van der Waals surface area contributed by atoms with Crippen molar-refractivity contribution in [3.63, 3.8) is 0 Å². The number of aryl methyl sites for hydroxylation is 1. The van der Waals surface area contributed by atoms with E-state index >= 15 is 0 Å². The Hall–Kier alpha value is -4.00. The molecule has 0 unspecified atom stereocenters. The van der Waals surface area contributed by atoms with E-state index in [4.69, 9.17) is 0 Å². The third-order valence-electron chi connectivity index (χ3n) is 4.12. The molecule has 3 aromatic carbocycles. The number of rotatable bonds is 5. The molecule has 0 aromatic heterocycles. The summed E-state index contributed by atoms with van der Waals surface area (Å²) in [6, 6.07) is 19.5. The number of benzene rings is 3. The molecule has 0 spiro atoms. The van der Waals surface area contributed by atoms with Gasteiger partial charge in [-0.2, -0.15) is 0 Å². The van der Waals surface area contributed by atoms with Crippen molar-refractivity contribution in [3.8, 4) is 0 Å². The highest BCUT2D eigenvalue weighted by Crippen LogP contribution is 2.22. The van der Waals surface area contributed by atoms with E-state index < -0.39 is 10.8 Å². The molecule has 28 heavy (non-hydrogen) atoms. The summed E-state index contributed by atoms with van der Waals surface area (Å²) in [7, 11) is 0. The number of non-ortho nitro benzene ring substituents is 1. The summed E-state index contributed by atoms with van der Waals surface area (Å²) in [5, 5.41) is 16.3. The van der Waals surface area contributed by atoms with E-state index in [2.05, 4.69) is 10.6 Å². The van der Waals surface area contributed by atoms with Crippen molar-refractivity contribution in [2.24, 2.45) is 0 Å². The molecule has 3 rings (SSSR count). The average Bonchev–Trinajstić information content (AvgIpc) is 2.70. The van der Waals surface area contributed by atoms with Gasteiger partial charge in [-0.05, 0) is 48.9 Å². The Morgan fingerprint density at radius 2 is 1.43 bits per heavy atom. The number of amides is 2. The molecule has 7 nitrogen and oxygen atoms in total. The first-order valence-electron chi connectivity index (χ1n) is 8.47. The van der Waals surface area contributed by atoms with E-state index in [0.717, 1.165) is 0 Å². The largest absolute Gasteiger partial charge is 0.322 e. The second-order valence-corrected chi connectivity index (χ2v) is 6.11. The van der Waals surface area contributed by atoms with Crippen molar-refractivity contribution in [1.82, 2.24) is 0 Å². The maximum Gasteiger partial charge on any atom is 0.271 e. The first-order chi connectivity index (χ1) is 13.4. The number of nitro benzene ring substituents is 1. The second-order valence-electron chi connectivity index (χ2n) is 6.11. The molecular formula is C21H17N3O4.